The number of hydrogen-bond donors (Lipinski definition) is 1. The molecule has 4 rings (SSSR count). The molecule has 144 valence electrons. The van der Waals surface area contributed by atoms with Crippen LogP contribution in [0.2, 0.25) is 0 Å². The van der Waals surface area contributed by atoms with Crippen LogP contribution in [0.1, 0.15) is 21.7 Å². The normalized spacial score (nSPS) is 12.5. The number of carbonyl (C=O) groups excluding carboxylic acids is 1. The minimum atomic E-state index is -0.467. The van der Waals surface area contributed by atoms with Gasteiger partial charge >= 0.3 is 5.97 Å². The molecule has 0 aliphatic carbocycles. The molecular formula is C20H19N3O5. The number of fused-ring (bicyclic) bond motifs is 2. The van der Waals surface area contributed by atoms with Crippen LogP contribution in [-0.2, 0) is 17.8 Å². The SMILES string of the molecule is COC(=O)c1ccc2c(=O)[nH]c(CN(C)Cc3ccc4c(c3)OCO4)nc2c1. The predicted molar refractivity (Wildman–Crippen MR) is 101 cm³/mol. The van der Waals surface area contributed by atoms with Crippen molar-refractivity contribution in [3.63, 3.8) is 0 Å². The van der Waals surface area contributed by atoms with E-state index in [4.69, 9.17) is 14.2 Å². The van der Waals surface area contributed by atoms with Gasteiger partial charge in [-0.15, -0.1) is 0 Å². The largest absolute Gasteiger partial charge is 0.465 e. The second kappa shape index (κ2) is 7.32. The van der Waals surface area contributed by atoms with Gasteiger partial charge < -0.3 is 19.2 Å². The highest BCUT2D eigenvalue weighted by Gasteiger charge is 2.15. The zero-order valence-electron chi connectivity index (χ0n) is 15.5. The quantitative estimate of drug-likeness (QED) is 0.676. The van der Waals surface area contributed by atoms with Crippen molar-refractivity contribution < 1.29 is 19.0 Å². The fourth-order valence-electron chi connectivity index (χ4n) is 3.17. The molecule has 0 bridgehead atoms. The third-order valence-electron chi connectivity index (χ3n) is 4.49. The Hall–Kier alpha value is -3.39. The summed E-state index contributed by atoms with van der Waals surface area (Å²) >= 11 is 0. The summed E-state index contributed by atoms with van der Waals surface area (Å²) in [6.45, 7) is 1.31. The molecule has 0 unspecified atom stereocenters. The average Bonchev–Trinajstić information content (AvgIpc) is 3.14. The molecule has 0 atom stereocenters. The first kappa shape index (κ1) is 18.0. The van der Waals surface area contributed by atoms with Gasteiger partial charge in [-0.2, -0.15) is 0 Å². The van der Waals surface area contributed by atoms with Gasteiger partial charge in [-0.3, -0.25) is 9.69 Å². The lowest BCUT2D eigenvalue weighted by Crippen LogP contribution is -2.22. The van der Waals surface area contributed by atoms with Crippen LogP contribution in [0.15, 0.2) is 41.2 Å². The van der Waals surface area contributed by atoms with E-state index in [1.165, 1.54) is 7.11 Å². The average molecular weight is 381 g/mol. The maximum Gasteiger partial charge on any atom is 0.337 e. The van der Waals surface area contributed by atoms with Crippen LogP contribution in [0.4, 0.5) is 0 Å². The molecule has 0 saturated carbocycles. The van der Waals surface area contributed by atoms with E-state index in [0.29, 0.717) is 35.4 Å². The van der Waals surface area contributed by atoms with Crippen molar-refractivity contribution in [2.24, 2.45) is 0 Å². The lowest BCUT2D eigenvalue weighted by atomic mass is 10.1. The zero-order valence-corrected chi connectivity index (χ0v) is 15.5. The number of rotatable bonds is 5. The second-order valence-electron chi connectivity index (χ2n) is 6.60. The Morgan fingerprint density at radius 2 is 2.00 bits per heavy atom. The van der Waals surface area contributed by atoms with Crippen molar-refractivity contribution >= 4 is 16.9 Å². The van der Waals surface area contributed by atoms with Gasteiger partial charge in [0.2, 0.25) is 6.79 Å². The Labute approximate surface area is 160 Å². The van der Waals surface area contributed by atoms with Crippen LogP contribution in [-0.4, -0.2) is 41.8 Å². The molecule has 0 saturated heterocycles. The van der Waals surface area contributed by atoms with Gasteiger partial charge in [0.05, 0.1) is 30.1 Å². The molecule has 0 spiro atoms. The number of H-pyrrole nitrogens is 1. The number of nitrogens with one attached hydrogen (secondary N) is 1. The van der Waals surface area contributed by atoms with Gasteiger partial charge in [-0.05, 0) is 42.9 Å². The summed E-state index contributed by atoms with van der Waals surface area (Å²) in [6, 6.07) is 10.5. The van der Waals surface area contributed by atoms with Gasteiger partial charge in [-0.25, -0.2) is 9.78 Å². The number of carbonyl (C=O) groups is 1. The molecule has 0 fully saturated rings. The molecule has 0 amide bonds. The molecule has 0 radical (unpaired) electrons. The van der Waals surface area contributed by atoms with Crippen molar-refractivity contribution in [3.8, 4) is 11.5 Å². The molecule has 8 heteroatoms. The fraction of sp³-hybridized carbons (Fsp3) is 0.250. The Morgan fingerprint density at radius 1 is 1.18 bits per heavy atom. The van der Waals surface area contributed by atoms with E-state index in [-0.39, 0.29) is 12.4 Å². The standard InChI is InChI=1S/C20H19N3O5/c1-23(9-12-3-6-16-17(7-12)28-11-27-16)10-18-21-15-8-13(20(25)26-2)4-5-14(15)19(24)22-18/h3-8H,9-11H2,1-2H3,(H,21,22,24). The molecule has 1 aliphatic heterocycles. The number of aromatic amines is 1. The number of ether oxygens (including phenoxy) is 3. The highest BCUT2D eigenvalue weighted by molar-refractivity contribution is 5.93. The summed E-state index contributed by atoms with van der Waals surface area (Å²) in [5.74, 6) is 1.53. The van der Waals surface area contributed by atoms with E-state index < -0.39 is 5.97 Å². The van der Waals surface area contributed by atoms with Crippen LogP contribution >= 0.6 is 0 Å². The van der Waals surface area contributed by atoms with Gasteiger partial charge in [0.1, 0.15) is 5.82 Å². The molecule has 1 aromatic heterocycles. The first-order chi connectivity index (χ1) is 13.5. The first-order valence-corrected chi connectivity index (χ1v) is 8.72. The first-order valence-electron chi connectivity index (χ1n) is 8.72. The van der Waals surface area contributed by atoms with E-state index in [2.05, 4.69) is 9.97 Å². The van der Waals surface area contributed by atoms with Crippen LogP contribution in [0.5, 0.6) is 11.5 Å². The third kappa shape index (κ3) is 3.54. The lowest BCUT2D eigenvalue weighted by molar-refractivity contribution is 0.0601. The minimum absolute atomic E-state index is 0.241. The molecule has 28 heavy (non-hydrogen) atoms. The van der Waals surface area contributed by atoms with E-state index in [0.717, 1.165) is 17.1 Å². The summed E-state index contributed by atoms with van der Waals surface area (Å²) in [5, 5.41) is 0.426. The topological polar surface area (TPSA) is 93.8 Å². The predicted octanol–water partition coefficient (Wildman–Crippen LogP) is 2.07. The summed E-state index contributed by atoms with van der Waals surface area (Å²) < 4.78 is 15.5. The molecule has 2 heterocycles. The molecule has 1 N–H and O–H groups in total. The van der Waals surface area contributed by atoms with E-state index >= 15 is 0 Å². The Morgan fingerprint density at radius 3 is 2.82 bits per heavy atom. The molecule has 1 aliphatic rings. The molecular weight excluding hydrogens is 362 g/mol. The maximum absolute atomic E-state index is 12.4. The van der Waals surface area contributed by atoms with Crippen molar-refractivity contribution in [2.45, 2.75) is 13.1 Å². The van der Waals surface area contributed by atoms with Crippen LogP contribution in [0.25, 0.3) is 10.9 Å². The van der Waals surface area contributed by atoms with Crippen LogP contribution in [0, 0.1) is 0 Å². The highest BCUT2D eigenvalue weighted by atomic mass is 16.7. The fourth-order valence-corrected chi connectivity index (χ4v) is 3.17. The van der Waals surface area contributed by atoms with Crippen molar-refractivity contribution in [2.75, 3.05) is 21.0 Å². The molecule has 2 aromatic carbocycles. The van der Waals surface area contributed by atoms with E-state index in [1.54, 1.807) is 18.2 Å². The van der Waals surface area contributed by atoms with Crippen LogP contribution in [0.3, 0.4) is 0 Å². The van der Waals surface area contributed by atoms with Crippen molar-refractivity contribution in [3.05, 3.63) is 63.7 Å². The highest BCUT2D eigenvalue weighted by Crippen LogP contribution is 2.32. The summed E-state index contributed by atoms with van der Waals surface area (Å²) in [6.07, 6.45) is 0. The number of hydrogen-bond acceptors (Lipinski definition) is 7. The van der Waals surface area contributed by atoms with E-state index in [9.17, 15) is 9.59 Å². The summed E-state index contributed by atoms with van der Waals surface area (Å²) in [7, 11) is 3.24. The van der Waals surface area contributed by atoms with Gasteiger partial charge in [-0.1, -0.05) is 6.07 Å². The number of methoxy groups -OCH3 is 1. The third-order valence-corrected chi connectivity index (χ3v) is 4.49. The van der Waals surface area contributed by atoms with E-state index in [1.807, 2.05) is 30.1 Å². The number of aromatic nitrogens is 2. The second-order valence-corrected chi connectivity index (χ2v) is 6.60. The number of nitrogens with zero attached hydrogens (tertiary/aromatic N) is 2. The minimum Gasteiger partial charge on any atom is -0.465 e. The number of benzene rings is 2. The van der Waals surface area contributed by atoms with Crippen molar-refractivity contribution in [1.82, 2.24) is 14.9 Å². The summed E-state index contributed by atoms with van der Waals surface area (Å²) in [5.41, 5.74) is 1.63. The van der Waals surface area contributed by atoms with Gasteiger partial charge in [0, 0.05) is 6.54 Å². The smallest absolute Gasteiger partial charge is 0.337 e. The zero-order chi connectivity index (χ0) is 19.7. The van der Waals surface area contributed by atoms with Crippen molar-refractivity contribution in [1.29, 1.82) is 0 Å². The van der Waals surface area contributed by atoms with Crippen LogP contribution < -0.4 is 15.0 Å². The summed E-state index contributed by atoms with van der Waals surface area (Å²) in [4.78, 5) is 33.4. The van der Waals surface area contributed by atoms with Gasteiger partial charge in [0.25, 0.3) is 5.56 Å². The van der Waals surface area contributed by atoms with Gasteiger partial charge in [0.15, 0.2) is 11.5 Å². The number of esters is 1. The maximum atomic E-state index is 12.4. The Kier molecular flexibility index (Phi) is 4.70. The molecule has 8 nitrogen and oxygen atoms in total. The Balaban J connectivity index is 1.54. The monoisotopic (exact) mass is 381 g/mol. The lowest BCUT2D eigenvalue weighted by Gasteiger charge is -2.16. The Bertz CT molecular complexity index is 1110. The molecule has 3 aromatic rings.